The van der Waals surface area contributed by atoms with E-state index >= 15 is 0 Å². The van der Waals surface area contributed by atoms with Crippen molar-refractivity contribution in [2.75, 3.05) is 0 Å². The Labute approximate surface area is 373 Å². The van der Waals surface area contributed by atoms with Gasteiger partial charge in [0.05, 0.1) is 16.1 Å². The number of hydrogen-bond acceptors (Lipinski definition) is 2. The van der Waals surface area contributed by atoms with Crippen molar-refractivity contribution >= 4 is 26.9 Å². The second-order valence-corrected chi connectivity index (χ2v) is 29.4. The highest BCUT2D eigenvalue weighted by Gasteiger charge is 2.56. The van der Waals surface area contributed by atoms with Crippen molar-refractivity contribution in [2.45, 2.75) is 114 Å². The standard InChI is InChI=1S/C58H66O2Si2/c1-7-61(8-2,9-3)41-39-45-37-38-46(40-42-62(10-4,11-5)12-6)54-53(45)57(59,47-31-21-15-22-32-47)55-51(43-27-17-13-18-28-43)49-35-25-26-36-50(49)52(44-29-19-14-20-30-44)56(55)58(54,60)48-33-23-16-24-34-48/h13-38,59-60H,7-12,39-42H2,1-6H3. The molecular formula is C58H66O2Si2. The third-order valence-corrected chi connectivity index (χ3v) is 27.5. The van der Waals surface area contributed by atoms with E-state index in [0.717, 1.165) is 102 Å². The van der Waals surface area contributed by atoms with Crippen LogP contribution in [0.5, 0.6) is 0 Å². The molecule has 0 spiro atoms. The van der Waals surface area contributed by atoms with E-state index in [9.17, 15) is 10.2 Å². The SMILES string of the molecule is CC[Si](CC)(CC)CCc1ccc(CC[Si](CC)(CC)CC)c2c1C(O)(c1ccccc1)c1c(c(-c3ccccc3)c3ccccc3c1-c1ccccc1)C2(O)c1ccccc1. The first-order valence-electron chi connectivity index (χ1n) is 23.6. The smallest absolute Gasteiger partial charge is 0.142 e. The summed E-state index contributed by atoms with van der Waals surface area (Å²) >= 11 is 0. The Morgan fingerprint density at radius 2 is 0.645 bits per heavy atom. The molecule has 2 unspecified atom stereocenters. The van der Waals surface area contributed by atoms with Crippen molar-refractivity contribution in [1.29, 1.82) is 0 Å². The number of aliphatic hydroxyl groups is 2. The van der Waals surface area contributed by atoms with Crippen LogP contribution in [0.15, 0.2) is 158 Å². The van der Waals surface area contributed by atoms with Crippen molar-refractivity contribution in [1.82, 2.24) is 0 Å². The molecule has 1 aliphatic rings. The molecule has 0 aromatic heterocycles. The van der Waals surface area contributed by atoms with Crippen molar-refractivity contribution in [2.24, 2.45) is 0 Å². The summed E-state index contributed by atoms with van der Waals surface area (Å²) in [4.78, 5) is 0. The lowest BCUT2D eigenvalue weighted by Gasteiger charge is -2.49. The quantitative estimate of drug-likeness (QED) is 0.0951. The summed E-state index contributed by atoms with van der Waals surface area (Å²) in [5, 5.41) is 32.1. The van der Waals surface area contributed by atoms with E-state index in [4.69, 9.17) is 0 Å². The first-order valence-corrected chi connectivity index (χ1v) is 29.3. The number of rotatable bonds is 16. The van der Waals surface area contributed by atoms with Gasteiger partial charge in [-0.3, -0.25) is 0 Å². The lowest BCUT2D eigenvalue weighted by Crippen LogP contribution is -2.47. The maximum Gasteiger partial charge on any atom is 0.142 e. The average Bonchev–Trinajstić information content (AvgIpc) is 3.34. The molecule has 1 aliphatic carbocycles. The molecule has 7 aromatic rings. The van der Waals surface area contributed by atoms with Crippen LogP contribution in [0.3, 0.4) is 0 Å². The summed E-state index contributed by atoms with van der Waals surface area (Å²) in [6, 6.07) is 65.3. The van der Waals surface area contributed by atoms with Crippen LogP contribution in [0.25, 0.3) is 33.0 Å². The second-order valence-electron chi connectivity index (χ2n) is 18.2. The Hall–Kier alpha value is -4.85. The van der Waals surface area contributed by atoms with Crippen LogP contribution in [-0.4, -0.2) is 26.4 Å². The second kappa shape index (κ2) is 18.1. The topological polar surface area (TPSA) is 40.5 Å². The molecule has 0 radical (unpaired) electrons. The van der Waals surface area contributed by atoms with Crippen LogP contribution < -0.4 is 0 Å². The minimum Gasteiger partial charge on any atom is -0.376 e. The molecule has 2 atom stereocenters. The van der Waals surface area contributed by atoms with Crippen LogP contribution in [0.1, 0.15) is 86.1 Å². The van der Waals surface area contributed by atoms with Crippen molar-refractivity contribution in [3.05, 3.63) is 202 Å². The number of hydrogen-bond donors (Lipinski definition) is 2. The summed E-state index contributed by atoms with van der Waals surface area (Å²) in [5.41, 5.74) is 7.99. The Morgan fingerprint density at radius 3 is 0.952 bits per heavy atom. The summed E-state index contributed by atoms with van der Waals surface area (Å²) < 4.78 is 0. The van der Waals surface area contributed by atoms with Gasteiger partial charge in [-0.1, -0.05) is 248 Å². The zero-order valence-electron chi connectivity index (χ0n) is 38.0. The minimum atomic E-state index is -1.62. The van der Waals surface area contributed by atoms with Crippen LogP contribution in [0, 0.1) is 0 Å². The molecule has 8 rings (SSSR count). The highest BCUT2D eigenvalue weighted by molar-refractivity contribution is 6.80. The lowest BCUT2D eigenvalue weighted by atomic mass is 9.57. The first-order chi connectivity index (χ1) is 30.2. The zero-order valence-corrected chi connectivity index (χ0v) is 40.0. The highest BCUT2D eigenvalue weighted by Crippen LogP contribution is 2.61. The van der Waals surface area contributed by atoms with Crippen LogP contribution in [0.4, 0.5) is 0 Å². The van der Waals surface area contributed by atoms with E-state index < -0.39 is 27.3 Å². The van der Waals surface area contributed by atoms with Gasteiger partial charge in [-0.25, -0.2) is 0 Å². The molecule has 0 saturated carbocycles. The molecule has 0 fully saturated rings. The minimum absolute atomic E-state index is 0.772. The van der Waals surface area contributed by atoms with E-state index in [1.165, 1.54) is 36.3 Å². The first kappa shape index (κ1) is 43.8. The maximum atomic E-state index is 15.0. The predicted molar refractivity (Wildman–Crippen MR) is 270 cm³/mol. The van der Waals surface area contributed by atoms with E-state index in [1.54, 1.807) is 0 Å². The Balaban J connectivity index is 1.64. The van der Waals surface area contributed by atoms with Crippen molar-refractivity contribution < 1.29 is 10.2 Å². The van der Waals surface area contributed by atoms with Gasteiger partial charge in [0.25, 0.3) is 0 Å². The van der Waals surface area contributed by atoms with Gasteiger partial charge >= 0.3 is 0 Å². The summed E-state index contributed by atoms with van der Waals surface area (Å²) in [7, 11) is -3.20. The molecule has 2 nitrogen and oxygen atoms in total. The van der Waals surface area contributed by atoms with Gasteiger partial charge in [0.2, 0.25) is 0 Å². The Morgan fingerprint density at radius 1 is 0.355 bits per heavy atom. The highest BCUT2D eigenvalue weighted by atomic mass is 28.3. The van der Waals surface area contributed by atoms with Gasteiger partial charge in [-0.15, -0.1) is 0 Å². The van der Waals surface area contributed by atoms with Gasteiger partial charge in [-0.2, -0.15) is 0 Å². The fraction of sp³-hybridized carbons (Fsp3) is 0.310. The summed E-state index contributed by atoms with van der Waals surface area (Å²) in [5.74, 6) is 0. The summed E-state index contributed by atoms with van der Waals surface area (Å²) in [6.07, 6.45) is 1.72. The van der Waals surface area contributed by atoms with Gasteiger partial charge in [0.1, 0.15) is 11.2 Å². The molecule has 318 valence electrons. The van der Waals surface area contributed by atoms with Gasteiger partial charge in [-0.05, 0) is 68.1 Å². The molecule has 0 amide bonds. The third kappa shape index (κ3) is 7.27. The number of aryl methyl sites for hydroxylation is 2. The predicted octanol–water partition coefficient (Wildman–Crippen LogP) is 15.2. The Bertz CT molecular complexity index is 2420. The zero-order chi connectivity index (χ0) is 43.5. The van der Waals surface area contributed by atoms with E-state index in [-0.39, 0.29) is 0 Å². The van der Waals surface area contributed by atoms with E-state index in [1.807, 2.05) is 0 Å². The van der Waals surface area contributed by atoms with Crippen LogP contribution >= 0.6 is 0 Å². The number of benzene rings is 7. The molecule has 7 aromatic carbocycles. The number of fused-ring (bicyclic) bond motifs is 3. The van der Waals surface area contributed by atoms with Crippen LogP contribution in [0.2, 0.25) is 48.4 Å². The van der Waals surface area contributed by atoms with Crippen LogP contribution in [-0.2, 0) is 24.0 Å². The maximum absolute atomic E-state index is 15.0. The molecule has 0 heterocycles. The van der Waals surface area contributed by atoms with Crippen molar-refractivity contribution in [3.8, 4) is 22.3 Å². The van der Waals surface area contributed by atoms with Crippen molar-refractivity contribution in [3.63, 3.8) is 0 Å². The third-order valence-electron chi connectivity index (χ3n) is 15.9. The van der Waals surface area contributed by atoms with Gasteiger partial charge < -0.3 is 10.2 Å². The van der Waals surface area contributed by atoms with Gasteiger partial charge in [0, 0.05) is 22.3 Å². The summed E-state index contributed by atoms with van der Waals surface area (Å²) in [6.45, 7) is 14.4. The largest absolute Gasteiger partial charge is 0.376 e. The van der Waals surface area contributed by atoms with E-state index in [2.05, 4.69) is 199 Å². The molecule has 62 heavy (non-hydrogen) atoms. The molecular weight excluding hydrogens is 785 g/mol. The monoisotopic (exact) mass is 850 g/mol. The average molecular weight is 851 g/mol. The van der Waals surface area contributed by atoms with E-state index in [0.29, 0.717) is 0 Å². The lowest BCUT2D eigenvalue weighted by molar-refractivity contribution is 0.0744. The molecule has 2 N–H and O–H groups in total. The molecule has 0 bridgehead atoms. The Kier molecular flexibility index (Phi) is 12.8. The fourth-order valence-electron chi connectivity index (χ4n) is 11.4. The van der Waals surface area contributed by atoms with Gasteiger partial charge in [0.15, 0.2) is 0 Å². The molecule has 0 aliphatic heterocycles. The molecule has 4 heteroatoms. The normalized spacial score (nSPS) is 17.5. The fourth-order valence-corrected chi connectivity index (χ4v) is 18.2. The molecule has 0 saturated heterocycles.